The summed E-state index contributed by atoms with van der Waals surface area (Å²) in [5.74, 6) is 0. The van der Waals surface area contributed by atoms with Crippen LogP contribution < -0.4 is 5.32 Å². The molecular formula is C15H21N. The molecule has 0 radical (unpaired) electrons. The smallest absolute Gasteiger partial charge is 0.0147 e. The molecule has 1 heteroatoms. The molecule has 1 aliphatic carbocycles. The van der Waals surface area contributed by atoms with Crippen molar-refractivity contribution < 1.29 is 0 Å². The summed E-state index contributed by atoms with van der Waals surface area (Å²) in [5, 5.41) is 3.55. The van der Waals surface area contributed by atoms with Crippen molar-refractivity contribution in [2.45, 2.75) is 38.5 Å². The molecule has 0 saturated heterocycles. The van der Waals surface area contributed by atoms with Gasteiger partial charge in [-0.15, -0.1) is 0 Å². The van der Waals surface area contributed by atoms with Crippen molar-refractivity contribution in [2.24, 2.45) is 0 Å². The van der Waals surface area contributed by atoms with Crippen LogP contribution in [0, 0.1) is 0 Å². The van der Waals surface area contributed by atoms with E-state index in [9.17, 15) is 0 Å². The van der Waals surface area contributed by atoms with Gasteiger partial charge in [-0.05, 0) is 44.1 Å². The number of hydrogen-bond acceptors (Lipinski definition) is 1. The first-order chi connectivity index (χ1) is 7.95. The molecule has 0 heterocycles. The zero-order chi connectivity index (χ0) is 11.1. The number of aryl methyl sites for hydroxylation is 1. The Labute approximate surface area is 98.6 Å². The van der Waals surface area contributed by atoms with Crippen LogP contribution in [0.25, 0.3) is 0 Å². The van der Waals surface area contributed by atoms with Gasteiger partial charge in [-0.1, -0.05) is 36.4 Å². The summed E-state index contributed by atoms with van der Waals surface area (Å²) in [5.41, 5.74) is 2.92. The second-order valence-corrected chi connectivity index (χ2v) is 4.49. The van der Waals surface area contributed by atoms with E-state index in [4.69, 9.17) is 0 Å². The molecule has 0 amide bonds. The van der Waals surface area contributed by atoms with E-state index in [-0.39, 0.29) is 0 Å². The average molecular weight is 215 g/mol. The topological polar surface area (TPSA) is 12.0 Å². The van der Waals surface area contributed by atoms with E-state index < -0.39 is 0 Å². The van der Waals surface area contributed by atoms with Crippen molar-refractivity contribution in [1.82, 2.24) is 5.32 Å². The van der Waals surface area contributed by atoms with Crippen molar-refractivity contribution >= 4 is 0 Å². The Hall–Kier alpha value is -1.24. The van der Waals surface area contributed by atoms with E-state index >= 15 is 0 Å². The fourth-order valence-corrected chi connectivity index (χ4v) is 2.18. The van der Waals surface area contributed by atoms with Crippen LogP contribution in [0.2, 0.25) is 0 Å². The van der Waals surface area contributed by atoms with Crippen LogP contribution in [0.4, 0.5) is 0 Å². The minimum atomic E-state index is 1.11. The Morgan fingerprint density at radius 3 is 2.69 bits per heavy atom. The van der Waals surface area contributed by atoms with Crippen LogP contribution in [0.5, 0.6) is 0 Å². The molecule has 1 N–H and O–H groups in total. The maximum atomic E-state index is 3.55. The maximum absolute atomic E-state index is 3.55. The molecule has 0 bridgehead atoms. The normalized spacial score (nSPS) is 15.6. The Bertz CT molecular complexity index is 327. The zero-order valence-corrected chi connectivity index (χ0v) is 9.91. The molecule has 0 aromatic heterocycles. The van der Waals surface area contributed by atoms with Gasteiger partial charge in [0.05, 0.1) is 0 Å². The monoisotopic (exact) mass is 215 g/mol. The third-order valence-electron chi connectivity index (χ3n) is 3.13. The predicted octanol–water partition coefficient (Wildman–Crippen LogP) is 3.67. The molecule has 1 nitrogen and oxygen atoms in total. The Morgan fingerprint density at radius 2 is 1.94 bits per heavy atom. The molecule has 1 aliphatic rings. The second-order valence-electron chi connectivity index (χ2n) is 4.49. The van der Waals surface area contributed by atoms with Gasteiger partial charge in [-0.3, -0.25) is 0 Å². The van der Waals surface area contributed by atoms with Crippen molar-refractivity contribution in [3.63, 3.8) is 0 Å². The van der Waals surface area contributed by atoms with Crippen LogP contribution in [-0.4, -0.2) is 6.54 Å². The van der Waals surface area contributed by atoms with Gasteiger partial charge in [0.25, 0.3) is 0 Å². The number of allylic oxidation sites excluding steroid dienone is 2. The molecule has 0 spiro atoms. The summed E-state index contributed by atoms with van der Waals surface area (Å²) in [4.78, 5) is 0. The SMILES string of the molecule is C1=C(NCCCc2ccccc2)CCCC1. The minimum absolute atomic E-state index is 1.11. The van der Waals surface area contributed by atoms with E-state index in [1.807, 2.05) is 0 Å². The van der Waals surface area contributed by atoms with Gasteiger partial charge in [-0.25, -0.2) is 0 Å². The lowest BCUT2D eigenvalue weighted by molar-refractivity contribution is 0.625. The van der Waals surface area contributed by atoms with Gasteiger partial charge in [0.2, 0.25) is 0 Å². The van der Waals surface area contributed by atoms with E-state index in [0.717, 1.165) is 6.54 Å². The van der Waals surface area contributed by atoms with E-state index in [0.29, 0.717) is 0 Å². The quantitative estimate of drug-likeness (QED) is 0.739. The summed E-state index contributed by atoms with van der Waals surface area (Å²) in [6.07, 6.45) is 10.0. The van der Waals surface area contributed by atoms with Crippen LogP contribution in [0.15, 0.2) is 42.1 Å². The van der Waals surface area contributed by atoms with Crippen molar-refractivity contribution in [3.8, 4) is 0 Å². The summed E-state index contributed by atoms with van der Waals surface area (Å²) < 4.78 is 0. The van der Waals surface area contributed by atoms with Gasteiger partial charge in [0.15, 0.2) is 0 Å². The lowest BCUT2D eigenvalue weighted by Crippen LogP contribution is -2.16. The predicted molar refractivity (Wildman–Crippen MR) is 69.3 cm³/mol. The Balaban J connectivity index is 1.63. The second kappa shape index (κ2) is 6.37. The van der Waals surface area contributed by atoms with Crippen molar-refractivity contribution in [2.75, 3.05) is 6.54 Å². The molecule has 0 fully saturated rings. The van der Waals surface area contributed by atoms with E-state index in [2.05, 4.69) is 41.7 Å². The number of rotatable bonds is 5. The summed E-state index contributed by atoms with van der Waals surface area (Å²) >= 11 is 0. The van der Waals surface area contributed by atoms with Gasteiger partial charge in [0.1, 0.15) is 0 Å². The number of benzene rings is 1. The molecule has 0 unspecified atom stereocenters. The lowest BCUT2D eigenvalue weighted by Gasteiger charge is -2.14. The number of nitrogens with one attached hydrogen (secondary N) is 1. The van der Waals surface area contributed by atoms with Crippen LogP contribution in [-0.2, 0) is 6.42 Å². The largest absolute Gasteiger partial charge is 0.389 e. The zero-order valence-electron chi connectivity index (χ0n) is 9.91. The molecule has 0 atom stereocenters. The summed E-state index contributed by atoms with van der Waals surface area (Å²) in [6.45, 7) is 1.11. The van der Waals surface area contributed by atoms with Gasteiger partial charge < -0.3 is 5.32 Å². The van der Waals surface area contributed by atoms with Crippen molar-refractivity contribution in [3.05, 3.63) is 47.7 Å². The minimum Gasteiger partial charge on any atom is -0.389 e. The number of hydrogen-bond donors (Lipinski definition) is 1. The van der Waals surface area contributed by atoms with Gasteiger partial charge >= 0.3 is 0 Å². The van der Waals surface area contributed by atoms with Crippen LogP contribution in [0.3, 0.4) is 0 Å². The summed E-state index contributed by atoms with van der Waals surface area (Å²) in [7, 11) is 0. The Kier molecular flexibility index (Phi) is 4.48. The molecule has 1 aromatic carbocycles. The highest BCUT2D eigenvalue weighted by molar-refractivity contribution is 5.14. The molecule has 0 aliphatic heterocycles. The van der Waals surface area contributed by atoms with Crippen molar-refractivity contribution in [1.29, 1.82) is 0 Å². The Morgan fingerprint density at radius 1 is 1.06 bits per heavy atom. The van der Waals surface area contributed by atoms with E-state index in [1.54, 1.807) is 0 Å². The fraction of sp³-hybridized carbons (Fsp3) is 0.467. The molecule has 1 aromatic rings. The van der Waals surface area contributed by atoms with Crippen LogP contribution >= 0.6 is 0 Å². The molecular weight excluding hydrogens is 194 g/mol. The first-order valence-corrected chi connectivity index (χ1v) is 6.42. The standard InChI is InChI=1S/C15H21N/c1-3-8-14(9-4-1)10-7-13-16-15-11-5-2-6-12-15/h1,3-4,8-9,11,16H,2,5-7,10,12-13H2. The lowest BCUT2D eigenvalue weighted by atomic mass is 10.0. The maximum Gasteiger partial charge on any atom is 0.0147 e. The highest BCUT2D eigenvalue weighted by atomic mass is 14.9. The average Bonchev–Trinajstić information content (AvgIpc) is 2.37. The highest BCUT2D eigenvalue weighted by Crippen LogP contribution is 2.14. The van der Waals surface area contributed by atoms with E-state index in [1.165, 1.54) is 49.8 Å². The molecule has 16 heavy (non-hydrogen) atoms. The third-order valence-corrected chi connectivity index (χ3v) is 3.13. The van der Waals surface area contributed by atoms with Gasteiger partial charge in [-0.2, -0.15) is 0 Å². The third kappa shape index (κ3) is 3.73. The molecule has 86 valence electrons. The first-order valence-electron chi connectivity index (χ1n) is 6.42. The first kappa shape index (κ1) is 11.3. The molecule has 0 saturated carbocycles. The molecule has 2 rings (SSSR count). The fourth-order valence-electron chi connectivity index (χ4n) is 2.18. The highest BCUT2D eigenvalue weighted by Gasteiger charge is 2.01. The van der Waals surface area contributed by atoms with Gasteiger partial charge in [0, 0.05) is 12.2 Å². The van der Waals surface area contributed by atoms with Crippen LogP contribution in [0.1, 0.15) is 37.7 Å². The summed E-state index contributed by atoms with van der Waals surface area (Å²) in [6, 6.07) is 10.7.